The first-order valence-electron chi connectivity index (χ1n) is 8.65. The Labute approximate surface area is 180 Å². The number of sulfonamides is 1. The first kappa shape index (κ1) is 22.7. The Morgan fingerprint density at radius 2 is 1.65 bits per heavy atom. The van der Waals surface area contributed by atoms with Crippen molar-refractivity contribution in [3.05, 3.63) is 53.1 Å². The van der Waals surface area contributed by atoms with Gasteiger partial charge in [-0.25, -0.2) is 22.0 Å². The predicted octanol–water partition coefficient (Wildman–Crippen LogP) is 2.85. The van der Waals surface area contributed by atoms with Crippen LogP contribution in [-0.4, -0.2) is 65.6 Å². The molecule has 9 nitrogen and oxygen atoms in total. The highest BCUT2D eigenvalue weighted by Gasteiger charge is 2.42. The molecule has 0 aliphatic carbocycles. The molecule has 0 bridgehead atoms. The number of benzene rings is 2. The quantitative estimate of drug-likeness (QED) is 0.679. The number of halogens is 3. The molecule has 2 aromatic carbocycles. The maximum atomic E-state index is 14.5. The van der Waals surface area contributed by atoms with E-state index in [1.54, 1.807) is 0 Å². The van der Waals surface area contributed by atoms with Crippen LogP contribution < -0.4 is 4.74 Å². The summed E-state index contributed by atoms with van der Waals surface area (Å²) in [6, 6.07) is 4.81. The smallest absolute Gasteiger partial charge is 0.407 e. The summed E-state index contributed by atoms with van der Waals surface area (Å²) in [5.41, 5.74) is 0. The number of nitrogens with zero attached hydrogens (tertiary/aromatic N) is 2. The van der Waals surface area contributed by atoms with Crippen LogP contribution in [0.1, 0.15) is 0 Å². The van der Waals surface area contributed by atoms with Crippen LogP contribution in [0.3, 0.4) is 0 Å². The molecule has 13 heteroatoms. The minimum atomic E-state index is -4.67. The number of aliphatic carboxylic acids is 1. The van der Waals surface area contributed by atoms with Crippen molar-refractivity contribution in [2.75, 3.05) is 19.6 Å². The van der Waals surface area contributed by atoms with Crippen LogP contribution in [-0.2, 0) is 14.8 Å². The minimum Gasteiger partial charge on any atom is -0.480 e. The summed E-state index contributed by atoms with van der Waals surface area (Å²) in [6.45, 7) is -1.44. The molecule has 1 saturated heterocycles. The topological polar surface area (TPSA) is 124 Å². The SMILES string of the molecule is O=C(O)C1CN(C(=O)O)CCN1S(=O)(=O)c1cc(F)c(Oc2ccc(Cl)cc2)c(F)c1. The molecule has 1 fully saturated rings. The molecule has 3 rings (SSSR count). The second-order valence-electron chi connectivity index (χ2n) is 6.47. The van der Waals surface area contributed by atoms with Gasteiger partial charge >= 0.3 is 12.1 Å². The van der Waals surface area contributed by atoms with Gasteiger partial charge in [0.05, 0.1) is 11.4 Å². The average molecular weight is 477 g/mol. The largest absolute Gasteiger partial charge is 0.480 e. The van der Waals surface area contributed by atoms with Crippen molar-refractivity contribution in [3.63, 3.8) is 0 Å². The number of piperazine rings is 1. The molecule has 0 aromatic heterocycles. The molecule has 0 radical (unpaired) electrons. The van der Waals surface area contributed by atoms with Crippen molar-refractivity contribution in [3.8, 4) is 11.5 Å². The van der Waals surface area contributed by atoms with E-state index in [9.17, 15) is 31.9 Å². The van der Waals surface area contributed by atoms with Crippen molar-refractivity contribution in [1.29, 1.82) is 0 Å². The zero-order valence-corrected chi connectivity index (χ0v) is 17.1. The monoisotopic (exact) mass is 476 g/mol. The number of hydrogen-bond donors (Lipinski definition) is 2. The first-order valence-corrected chi connectivity index (χ1v) is 10.5. The molecule has 1 aliphatic rings. The van der Waals surface area contributed by atoms with E-state index in [4.69, 9.17) is 21.4 Å². The van der Waals surface area contributed by atoms with Crippen LogP contribution in [0.5, 0.6) is 11.5 Å². The summed E-state index contributed by atoms with van der Waals surface area (Å²) in [4.78, 5) is 22.5. The molecule has 2 aromatic rings. The van der Waals surface area contributed by atoms with Crippen LogP contribution in [0.15, 0.2) is 41.3 Å². The van der Waals surface area contributed by atoms with Crippen molar-refractivity contribution < 1.29 is 41.7 Å². The third kappa shape index (κ3) is 4.70. The van der Waals surface area contributed by atoms with Gasteiger partial charge < -0.3 is 19.8 Å². The Morgan fingerprint density at radius 1 is 1.06 bits per heavy atom. The van der Waals surface area contributed by atoms with Crippen molar-refractivity contribution in [2.45, 2.75) is 10.9 Å². The number of carbonyl (C=O) groups is 2. The van der Waals surface area contributed by atoms with E-state index >= 15 is 0 Å². The highest BCUT2D eigenvalue weighted by molar-refractivity contribution is 7.89. The highest BCUT2D eigenvalue weighted by Crippen LogP contribution is 2.32. The lowest BCUT2D eigenvalue weighted by molar-refractivity contribution is -0.142. The summed E-state index contributed by atoms with van der Waals surface area (Å²) in [5.74, 6) is -5.06. The second kappa shape index (κ2) is 8.65. The highest BCUT2D eigenvalue weighted by atomic mass is 35.5. The number of amides is 1. The van der Waals surface area contributed by atoms with Crippen LogP contribution in [0, 0.1) is 11.6 Å². The predicted molar refractivity (Wildman–Crippen MR) is 103 cm³/mol. The van der Waals surface area contributed by atoms with E-state index in [-0.39, 0.29) is 12.3 Å². The van der Waals surface area contributed by atoms with Gasteiger partial charge in [-0.2, -0.15) is 4.31 Å². The maximum absolute atomic E-state index is 14.5. The second-order valence-corrected chi connectivity index (χ2v) is 8.80. The summed E-state index contributed by atoms with van der Waals surface area (Å²) in [7, 11) is -4.67. The normalized spacial score (nSPS) is 17.4. The lowest BCUT2D eigenvalue weighted by Gasteiger charge is -2.37. The molecule has 166 valence electrons. The molecule has 1 unspecified atom stereocenters. The molecule has 1 heterocycles. The summed E-state index contributed by atoms with van der Waals surface area (Å²) in [5, 5.41) is 18.7. The Bertz CT molecular complexity index is 1110. The van der Waals surface area contributed by atoms with Gasteiger partial charge in [-0.05, 0) is 36.4 Å². The molecule has 0 saturated carbocycles. The standard InChI is InChI=1S/C18H15ClF2N2O7S/c19-10-1-3-11(4-2-10)30-16-13(20)7-12(8-14(16)21)31(28,29)23-6-5-22(18(26)27)9-15(23)17(24)25/h1-4,7-8,15H,5-6,9H2,(H,24,25)(H,26,27). The van der Waals surface area contributed by atoms with Crippen LogP contribution in [0.4, 0.5) is 13.6 Å². The average Bonchev–Trinajstić information content (AvgIpc) is 2.71. The maximum Gasteiger partial charge on any atom is 0.407 e. The Morgan fingerprint density at radius 3 is 2.16 bits per heavy atom. The van der Waals surface area contributed by atoms with E-state index in [2.05, 4.69) is 0 Å². The van der Waals surface area contributed by atoms with Crippen molar-refractivity contribution in [2.24, 2.45) is 0 Å². The fraction of sp³-hybridized carbons (Fsp3) is 0.222. The molecule has 2 N–H and O–H groups in total. The molecule has 1 aliphatic heterocycles. The first-order chi connectivity index (χ1) is 14.5. The number of hydrogen-bond acceptors (Lipinski definition) is 5. The van der Waals surface area contributed by atoms with Gasteiger partial charge in [-0.15, -0.1) is 0 Å². The molecule has 31 heavy (non-hydrogen) atoms. The summed E-state index contributed by atoms with van der Waals surface area (Å²) >= 11 is 5.73. The van der Waals surface area contributed by atoms with Crippen molar-refractivity contribution >= 4 is 33.7 Å². The fourth-order valence-electron chi connectivity index (χ4n) is 2.97. The molecule has 0 spiro atoms. The van der Waals surface area contributed by atoms with E-state index in [0.29, 0.717) is 21.5 Å². The van der Waals surface area contributed by atoms with Gasteiger partial charge in [0, 0.05) is 18.1 Å². The van der Waals surface area contributed by atoms with Gasteiger partial charge in [-0.1, -0.05) is 11.6 Å². The molecular formula is C18H15ClF2N2O7S. The minimum absolute atomic E-state index is 0.0496. The van der Waals surface area contributed by atoms with Gasteiger partial charge in [0.1, 0.15) is 11.8 Å². The Kier molecular flexibility index (Phi) is 6.34. The van der Waals surface area contributed by atoms with Gasteiger partial charge in [0.2, 0.25) is 10.0 Å². The number of rotatable bonds is 5. The zero-order valence-electron chi connectivity index (χ0n) is 15.5. The van der Waals surface area contributed by atoms with Gasteiger partial charge in [-0.3, -0.25) is 4.79 Å². The third-order valence-corrected chi connectivity index (χ3v) is 6.64. The number of ether oxygens (including phenoxy) is 1. The van der Waals surface area contributed by atoms with E-state index < -0.39 is 63.5 Å². The number of carboxylic acids is 1. The van der Waals surface area contributed by atoms with E-state index in [1.165, 1.54) is 24.3 Å². The third-order valence-electron chi connectivity index (χ3n) is 4.50. The van der Waals surface area contributed by atoms with Crippen molar-refractivity contribution in [1.82, 2.24) is 9.21 Å². The van der Waals surface area contributed by atoms with Crippen LogP contribution in [0.2, 0.25) is 5.02 Å². The lowest BCUT2D eigenvalue weighted by atomic mass is 10.2. The molecule has 1 amide bonds. The molecule has 1 atom stereocenters. The Hall–Kier alpha value is -2.96. The summed E-state index contributed by atoms with van der Waals surface area (Å²) in [6.07, 6.45) is -1.41. The number of carboxylic acid groups (broad SMARTS) is 2. The Balaban J connectivity index is 1.93. The van der Waals surface area contributed by atoms with Crippen LogP contribution in [0.25, 0.3) is 0 Å². The molecular weight excluding hydrogens is 462 g/mol. The van der Waals surface area contributed by atoms with E-state index in [0.717, 1.165) is 4.90 Å². The van der Waals surface area contributed by atoms with E-state index in [1.807, 2.05) is 0 Å². The zero-order chi connectivity index (χ0) is 22.9. The lowest BCUT2D eigenvalue weighted by Crippen LogP contribution is -2.59. The van der Waals surface area contributed by atoms with Gasteiger partial charge in [0.25, 0.3) is 0 Å². The van der Waals surface area contributed by atoms with Crippen LogP contribution >= 0.6 is 11.6 Å². The van der Waals surface area contributed by atoms with Gasteiger partial charge in [0.15, 0.2) is 17.4 Å². The summed E-state index contributed by atoms with van der Waals surface area (Å²) < 4.78 is 60.5. The fourth-order valence-corrected chi connectivity index (χ4v) is 4.68.